The van der Waals surface area contributed by atoms with Crippen LogP contribution in [-0.2, 0) is 56.7 Å². The Morgan fingerprint density at radius 3 is 1.37 bits per heavy atom. The third kappa shape index (κ3) is 10.3. The van der Waals surface area contributed by atoms with Crippen LogP contribution in [-0.4, -0.2) is 31.0 Å². The van der Waals surface area contributed by atoms with E-state index in [9.17, 15) is 0 Å². The fraction of sp³-hybridized carbons (Fsp3) is 0.250. The van der Waals surface area contributed by atoms with Crippen molar-refractivity contribution in [2.75, 3.05) is 6.61 Å². The van der Waals surface area contributed by atoms with Gasteiger partial charge in [0, 0.05) is 5.56 Å². The van der Waals surface area contributed by atoms with Gasteiger partial charge >= 0.3 is 0 Å². The molecular formula is C48H48O6. The second kappa shape index (κ2) is 19.3. The second-order valence-electron chi connectivity index (χ2n) is 13.7. The normalized spacial score (nSPS) is 19.7. The highest BCUT2D eigenvalue weighted by atomic mass is 16.6. The van der Waals surface area contributed by atoms with E-state index in [4.69, 9.17) is 28.4 Å². The SMILES string of the molecule is Cc1ccc(OCc2ccccc2)c(C2OC(COCc3ccccc3)C(OCc3ccccc3)C(OCc3ccccc3)C2OCc2ccccc2)c1. The van der Waals surface area contributed by atoms with Crippen molar-refractivity contribution in [2.45, 2.75) is 70.5 Å². The average molecular weight is 721 g/mol. The number of rotatable bonds is 17. The van der Waals surface area contributed by atoms with Gasteiger partial charge in [-0.15, -0.1) is 0 Å². The van der Waals surface area contributed by atoms with Crippen LogP contribution >= 0.6 is 0 Å². The van der Waals surface area contributed by atoms with Crippen LogP contribution in [0.1, 0.15) is 45.0 Å². The van der Waals surface area contributed by atoms with Crippen molar-refractivity contribution in [3.8, 4) is 5.75 Å². The zero-order valence-corrected chi connectivity index (χ0v) is 30.7. The molecule has 0 aromatic heterocycles. The van der Waals surface area contributed by atoms with Crippen molar-refractivity contribution in [2.24, 2.45) is 0 Å². The zero-order valence-electron chi connectivity index (χ0n) is 30.7. The molecule has 1 fully saturated rings. The van der Waals surface area contributed by atoms with Crippen molar-refractivity contribution < 1.29 is 28.4 Å². The third-order valence-electron chi connectivity index (χ3n) is 9.59. The third-order valence-corrected chi connectivity index (χ3v) is 9.59. The molecule has 5 unspecified atom stereocenters. The van der Waals surface area contributed by atoms with E-state index >= 15 is 0 Å². The number of hydrogen-bond acceptors (Lipinski definition) is 6. The molecule has 5 atom stereocenters. The topological polar surface area (TPSA) is 55.4 Å². The summed E-state index contributed by atoms with van der Waals surface area (Å²) in [6, 6.07) is 57.3. The highest BCUT2D eigenvalue weighted by molar-refractivity contribution is 5.40. The highest BCUT2D eigenvalue weighted by Gasteiger charge is 2.49. The summed E-state index contributed by atoms with van der Waals surface area (Å²) in [6.07, 6.45) is -2.70. The predicted molar refractivity (Wildman–Crippen MR) is 211 cm³/mol. The van der Waals surface area contributed by atoms with Gasteiger partial charge < -0.3 is 28.4 Å². The minimum atomic E-state index is -0.569. The van der Waals surface area contributed by atoms with E-state index in [-0.39, 0.29) is 6.61 Å². The van der Waals surface area contributed by atoms with Crippen LogP contribution < -0.4 is 4.74 Å². The van der Waals surface area contributed by atoms with Gasteiger partial charge in [0.15, 0.2) is 0 Å². The molecule has 7 rings (SSSR count). The van der Waals surface area contributed by atoms with E-state index in [1.54, 1.807) is 0 Å². The zero-order chi connectivity index (χ0) is 36.8. The lowest BCUT2D eigenvalue weighted by molar-refractivity contribution is -0.275. The molecule has 1 aliphatic heterocycles. The first-order valence-electron chi connectivity index (χ1n) is 18.7. The summed E-state index contributed by atoms with van der Waals surface area (Å²) in [5.74, 6) is 0.734. The molecule has 276 valence electrons. The Balaban J connectivity index is 1.27. The first-order valence-corrected chi connectivity index (χ1v) is 18.7. The maximum absolute atomic E-state index is 7.21. The van der Waals surface area contributed by atoms with E-state index in [2.05, 4.69) is 79.7 Å². The Hall–Kier alpha value is -5.08. The van der Waals surface area contributed by atoms with E-state index in [1.165, 1.54) is 0 Å². The summed E-state index contributed by atoms with van der Waals surface area (Å²) in [6.45, 7) is 4.34. The quantitative estimate of drug-likeness (QED) is 0.0936. The van der Waals surface area contributed by atoms with Crippen LogP contribution in [0.25, 0.3) is 0 Å². The van der Waals surface area contributed by atoms with Crippen LogP contribution in [0.5, 0.6) is 5.75 Å². The maximum Gasteiger partial charge on any atom is 0.125 e. The molecule has 0 spiro atoms. The minimum absolute atomic E-state index is 0.285. The van der Waals surface area contributed by atoms with Crippen molar-refractivity contribution in [1.82, 2.24) is 0 Å². The molecule has 0 amide bonds. The Morgan fingerprint density at radius 1 is 0.444 bits per heavy atom. The average Bonchev–Trinajstić information content (AvgIpc) is 3.23. The van der Waals surface area contributed by atoms with Crippen molar-refractivity contribution in [3.05, 3.63) is 209 Å². The van der Waals surface area contributed by atoms with Gasteiger partial charge in [0.2, 0.25) is 0 Å². The van der Waals surface area contributed by atoms with E-state index in [0.717, 1.165) is 44.7 Å². The molecule has 1 aliphatic rings. The first-order chi connectivity index (χ1) is 26.7. The second-order valence-corrected chi connectivity index (χ2v) is 13.7. The molecular weight excluding hydrogens is 673 g/mol. The van der Waals surface area contributed by atoms with Gasteiger partial charge in [0.05, 0.1) is 33.0 Å². The standard InChI is InChI=1S/C48H48O6/c1-36-27-28-43(50-31-38-19-9-3-10-20-38)42(29-36)45-47(52-33-40-23-13-5-14-24-40)48(53-34-41-25-15-6-16-26-41)46(51-32-39-21-11-4-12-22-39)44(54-45)35-49-30-37-17-7-2-8-18-37/h2-29,44-48H,30-35H2,1H3. The van der Waals surface area contributed by atoms with Crippen molar-refractivity contribution in [3.63, 3.8) is 0 Å². The van der Waals surface area contributed by atoms with E-state index < -0.39 is 30.5 Å². The molecule has 0 radical (unpaired) electrons. The summed E-state index contributed by atoms with van der Waals surface area (Å²) in [5.41, 5.74) is 7.32. The molecule has 54 heavy (non-hydrogen) atoms. The highest BCUT2D eigenvalue weighted by Crippen LogP contribution is 2.42. The van der Waals surface area contributed by atoms with Crippen molar-refractivity contribution in [1.29, 1.82) is 0 Å². The van der Waals surface area contributed by atoms with E-state index in [1.807, 2.05) is 97.1 Å². The lowest BCUT2D eigenvalue weighted by Gasteiger charge is -2.46. The summed E-state index contributed by atoms with van der Waals surface area (Å²) in [5, 5.41) is 0. The molecule has 1 saturated heterocycles. The number of ether oxygens (including phenoxy) is 6. The summed E-state index contributed by atoms with van der Waals surface area (Å²) in [7, 11) is 0. The van der Waals surface area contributed by atoms with Gasteiger partial charge in [-0.05, 0) is 46.9 Å². The molecule has 0 saturated carbocycles. The lowest BCUT2D eigenvalue weighted by atomic mass is 9.89. The molecule has 0 bridgehead atoms. The van der Waals surface area contributed by atoms with Crippen LogP contribution in [0, 0.1) is 6.92 Å². The van der Waals surface area contributed by atoms with E-state index in [0.29, 0.717) is 33.0 Å². The fourth-order valence-corrected chi connectivity index (χ4v) is 6.80. The smallest absolute Gasteiger partial charge is 0.125 e. The minimum Gasteiger partial charge on any atom is -0.489 e. The van der Waals surface area contributed by atoms with Gasteiger partial charge in [-0.2, -0.15) is 0 Å². The number of aryl methyl sites for hydroxylation is 1. The fourth-order valence-electron chi connectivity index (χ4n) is 6.80. The Kier molecular flexibility index (Phi) is 13.3. The molecule has 6 heteroatoms. The molecule has 6 aromatic carbocycles. The Labute approximate surface area is 319 Å². The first kappa shape index (κ1) is 37.2. The lowest BCUT2D eigenvalue weighted by Crippen LogP contribution is -2.58. The molecule has 6 aromatic rings. The van der Waals surface area contributed by atoms with Gasteiger partial charge in [-0.25, -0.2) is 0 Å². The van der Waals surface area contributed by atoms with Crippen LogP contribution in [0.15, 0.2) is 170 Å². The number of hydrogen-bond donors (Lipinski definition) is 0. The van der Waals surface area contributed by atoms with Gasteiger partial charge in [-0.3, -0.25) is 0 Å². The summed E-state index contributed by atoms with van der Waals surface area (Å²) in [4.78, 5) is 0. The monoisotopic (exact) mass is 720 g/mol. The van der Waals surface area contributed by atoms with Gasteiger partial charge in [0.1, 0.15) is 42.9 Å². The summed E-state index contributed by atoms with van der Waals surface area (Å²) >= 11 is 0. The number of benzene rings is 6. The Bertz CT molecular complexity index is 1960. The molecule has 0 N–H and O–H groups in total. The van der Waals surface area contributed by atoms with Gasteiger partial charge in [-0.1, -0.05) is 163 Å². The predicted octanol–water partition coefficient (Wildman–Crippen LogP) is 9.99. The van der Waals surface area contributed by atoms with Crippen molar-refractivity contribution >= 4 is 0 Å². The van der Waals surface area contributed by atoms with Crippen LogP contribution in [0.2, 0.25) is 0 Å². The van der Waals surface area contributed by atoms with Crippen LogP contribution in [0.4, 0.5) is 0 Å². The van der Waals surface area contributed by atoms with Gasteiger partial charge in [0.25, 0.3) is 0 Å². The summed E-state index contributed by atoms with van der Waals surface area (Å²) < 4.78 is 41.0. The molecule has 0 aliphatic carbocycles. The Morgan fingerprint density at radius 2 is 0.870 bits per heavy atom. The van der Waals surface area contributed by atoms with Crippen LogP contribution in [0.3, 0.4) is 0 Å². The largest absolute Gasteiger partial charge is 0.489 e. The maximum atomic E-state index is 7.21. The molecule has 6 nitrogen and oxygen atoms in total. The molecule has 1 heterocycles.